The Morgan fingerprint density at radius 3 is 2.67 bits per heavy atom. The van der Waals surface area contributed by atoms with E-state index in [0.29, 0.717) is 0 Å². The maximum Gasteiger partial charge on any atom is 0.326 e. The van der Waals surface area contributed by atoms with Gasteiger partial charge in [0.25, 0.3) is 0 Å². The van der Waals surface area contributed by atoms with Crippen LogP contribution in [0.1, 0.15) is 44.6 Å². The van der Waals surface area contributed by atoms with Gasteiger partial charge >= 0.3 is 5.69 Å². The third-order valence-corrected chi connectivity index (χ3v) is 5.31. The van der Waals surface area contributed by atoms with Crippen LogP contribution in [0.5, 0.6) is 0 Å². The Morgan fingerprint density at radius 2 is 1.92 bits per heavy atom. The second-order valence-corrected chi connectivity index (χ2v) is 6.82. The Labute approximate surface area is 141 Å². The number of hydrogen-bond donors (Lipinski definition) is 1. The van der Waals surface area contributed by atoms with E-state index in [9.17, 15) is 9.59 Å². The molecule has 1 aliphatic carbocycles. The van der Waals surface area contributed by atoms with Gasteiger partial charge in [0.05, 0.1) is 11.0 Å². The largest absolute Gasteiger partial charge is 0.339 e. The lowest BCUT2D eigenvalue weighted by atomic mass is 9.97. The van der Waals surface area contributed by atoms with Crippen LogP contribution >= 0.6 is 0 Å². The molecular formula is C19H23N3O2. The molecule has 5 heteroatoms. The molecule has 5 nitrogen and oxygen atoms in total. The zero-order valence-electron chi connectivity index (χ0n) is 13.8. The number of fused-ring (bicyclic) bond motifs is 1. The summed E-state index contributed by atoms with van der Waals surface area (Å²) < 4.78 is 1.87. The lowest BCUT2D eigenvalue weighted by molar-refractivity contribution is -0.128. The van der Waals surface area contributed by atoms with Gasteiger partial charge in [0.2, 0.25) is 5.91 Å². The van der Waals surface area contributed by atoms with Crippen molar-refractivity contribution < 1.29 is 4.79 Å². The van der Waals surface area contributed by atoms with Crippen molar-refractivity contribution in [2.75, 3.05) is 13.1 Å². The molecule has 1 fully saturated rings. The number of amides is 1. The van der Waals surface area contributed by atoms with Crippen LogP contribution in [0.25, 0.3) is 11.0 Å². The third-order valence-electron chi connectivity index (χ3n) is 5.31. The van der Waals surface area contributed by atoms with E-state index in [0.717, 1.165) is 61.8 Å². The van der Waals surface area contributed by atoms with E-state index in [2.05, 4.69) is 11.1 Å². The summed E-state index contributed by atoms with van der Waals surface area (Å²) in [5, 5.41) is 0. The predicted octanol–water partition coefficient (Wildman–Crippen LogP) is 2.99. The minimum absolute atomic E-state index is 0.0454. The molecule has 1 saturated heterocycles. The normalized spacial score (nSPS) is 19.5. The molecule has 0 atom stereocenters. The number of hydrogen-bond acceptors (Lipinski definition) is 2. The standard InChI is InChI=1S/C19H23N3O2/c23-18(14-6-2-1-3-7-14)21-12-10-15(11-13-21)22-17-9-5-4-8-16(17)20-19(22)24/h4-6,8-9,15H,1-3,7,10-13H2,(H,20,24). The van der Waals surface area contributed by atoms with E-state index >= 15 is 0 Å². The van der Waals surface area contributed by atoms with Gasteiger partial charge in [0.1, 0.15) is 0 Å². The maximum atomic E-state index is 12.6. The lowest BCUT2D eigenvalue weighted by Gasteiger charge is -2.33. The molecule has 1 N–H and O–H groups in total. The molecule has 24 heavy (non-hydrogen) atoms. The summed E-state index contributed by atoms with van der Waals surface area (Å²) in [6, 6.07) is 7.97. The molecule has 0 radical (unpaired) electrons. The molecule has 0 spiro atoms. The van der Waals surface area contributed by atoms with Gasteiger partial charge in [-0.3, -0.25) is 9.36 Å². The van der Waals surface area contributed by atoms with Crippen molar-refractivity contribution in [1.29, 1.82) is 0 Å². The SMILES string of the molecule is O=C(C1=CCCCC1)N1CCC(n2c(=O)[nH]c3ccccc32)CC1. The number of imidazole rings is 1. The number of carbonyl (C=O) groups is 1. The summed E-state index contributed by atoms with van der Waals surface area (Å²) >= 11 is 0. The van der Waals surface area contributed by atoms with Gasteiger partial charge in [-0.05, 0) is 50.7 Å². The van der Waals surface area contributed by atoms with Gasteiger partial charge < -0.3 is 9.88 Å². The van der Waals surface area contributed by atoms with Crippen LogP contribution in [0, 0.1) is 0 Å². The highest BCUT2D eigenvalue weighted by Gasteiger charge is 2.27. The second kappa shape index (κ2) is 6.30. The average Bonchev–Trinajstić information content (AvgIpc) is 2.98. The van der Waals surface area contributed by atoms with Crippen LogP contribution in [0.2, 0.25) is 0 Å². The quantitative estimate of drug-likeness (QED) is 0.923. The highest BCUT2D eigenvalue weighted by Crippen LogP contribution is 2.27. The number of rotatable bonds is 2. The van der Waals surface area contributed by atoms with Crippen molar-refractivity contribution >= 4 is 16.9 Å². The summed E-state index contributed by atoms with van der Waals surface area (Å²) in [4.78, 5) is 29.8. The van der Waals surface area contributed by atoms with Crippen molar-refractivity contribution in [1.82, 2.24) is 14.5 Å². The molecule has 1 aromatic heterocycles. The zero-order chi connectivity index (χ0) is 16.5. The van der Waals surface area contributed by atoms with E-state index in [-0.39, 0.29) is 17.6 Å². The molecule has 2 heterocycles. The highest BCUT2D eigenvalue weighted by molar-refractivity contribution is 5.93. The van der Waals surface area contributed by atoms with E-state index in [4.69, 9.17) is 0 Å². The number of carbonyl (C=O) groups excluding carboxylic acids is 1. The van der Waals surface area contributed by atoms with E-state index in [1.165, 1.54) is 6.42 Å². The van der Waals surface area contributed by atoms with Gasteiger partial charge in [0.15, 0.2) is 0 Å². The molecule has 1 amide bonds. The number of piperidine rings is 1. The first-order valence-electron chi connectivity index (χ1n) is 8.91. The molecule has 1 aliphatic heterocycles. The Balaban J connectivity index is 1.50. The number of nitrogens with zero attached hydrogens (tertiary/aromatic N) is 2. The number of H-pyrrole nitrogens is 1. The number of aromatic amines is 1. The van der Waals surface area contributed by atoms with Crippen LogP contribution < -0.4 is 5.69 Å². The van der Waals surface area contributed by atoms with Crippen LogP contribution in [-0.4, -0.2) is 33.4 Å². The number of para-hydroxylation sites is 2. The monoisotopic (exact) mass is 325 g/mol. The number of allylic oxidation sites excluding steroid dienone is 1. The van der Waals surface area contributed by atoms with E-state index in [1.807, 2.05) is 33.7 Å². The summed E-state index contributed by atoms with van der Waals surface area (Å²) in [6.07, 6.45) is 8.05. The minimum atomic E-state index is -0.0454. The first-order chi connectivity index (χ1) is 11.7. The summed E-state index contributed by atoms with van der Waals surface area (Å²) in [5.41, 5.74) is 2.79. The molecule has 0 saturated carbocycles. The molecule has 1 aromatic carbocycles. The van der Waals surface area contributed by atoms with Crippen molar-refractivity contribution in [3.63, 3.8) is 0 Å². The van der Waals surface area contributed by atoms with Gasteiger partial charge in [-0.15, -0.1) is 0 Å². The van der Waals surface area contributed by atoms with Crippen LogP contribution in [0.15, 0.2) is 40.7 Å². The number of likely N-dealkylation sites (tertiary alicyclic amines) is 1. The zero-order valence-corrected chi connectivity index (χ0v) is 13.8. The molecule has 0 bridgehead atoms. The Hall–Kier alpha value is -2.30. The van der Waals surface area contributed by atoms with Gasteiger partial charge in [-0.1, -0.05) is 18.2 Å². The molecular weight excluding hydrogens is 302 g/mol. The highest BCUT2D eigenvalue weighted by atomic mass is 16.2. The molecule has 2 aliphatic rings. The summed E-state index contributed by atoms with van der Waals surface area (Å²) in [7, 11) is 0. The smallest absolute Gasteiger partial charge is 0.326 e. The number of benzene rings is 1. The molecule has 4 rings (SSSR count). The summed E-state index contributed by atoms with van der Waals surface area (Å²) in [6.45, 7) is 1.46. The van der Waals surface area contributed by atoms with Gasteiger partial charge in [-0.25, -0.2) is 4.79 Å². The Bertz CT molecular complexity index is 838. The minimum Gasteiger partial charge on any atom is -0.339 e. The maximum absolute atomic E-state index is 12.6. The Morgan fingerprint density at radius 1 is 1.12 bits per heavy atom. The van der Waals surface area contributed by atoms with E-state index < -0.39 is 0 Å². The third kappa shape index (κ3) is 2.68. The first-order valence-corrected chi connectivity index (χ1v) is 8.91. The van der Waals surface area contributed by atoms with E-state index in [1.54, 1.807) is 0 Å². The van der Waals surface area contributed by atoms with Crippen molar-refractivity contribution in [2.45, 2.75) is 44.6 Å². The fourth-order valence-corrected chi connectivity index (χ4v) is 4.00. The first kappa shape index (κ1) is 15.2. The van der Waals surface area contributed by atoms with Crippen LogP contribution in [-0.2, 0) is 4.79 Å². The van der Waals surface area contributed by atoms with Crippen LogP contribution in [0.4, 0.5) is 0 Å². The molecule has 2 aromatic rings. The van der Waals surface area contributed by atoms with Crippen molar-refractivity contribution in [2.24, 2.45) is 0 Å². The average molecular weight is 325 g/mol. The predicted molar refractivity (Wildman–Crippen MR) is 94.0 cm³/mol. The lowest BCUT2D eigenvalue weighted by Crippen LogP contribution is -2.41. The summed E-state index contributed by atoms with van der Waals surface area (Å²) in [5.74, 6) is 0.208. The number of aromatic nitrogens is 2. The number of nitrogens with one attached hydrogen (secondary N) is 1. The van der Waals surface area contributed by atoms with Gasteiger partial charge in [-0.2, -0.15) is 0 Å². The van der Waals surface area contributed by atoms with Crippen molar-refractivity contribution in [3.8, 4) is 0 Å². The molecule has 126 valence electrons. The fraction of sp³-hybridized carbons (Fsp3) is 0.474. The fourth-order valence-electron chi connectivity index (χ4n) is 4.00. The van der Waals surface area contributed by atoms with Crippen LogP contribution in [0.3, 0.4) is 0 Å². The second-order valence-electron chi connectivity index (χ2n) is 6.82. The van der Waals surface area contributed by atoms with Crippen molar-refractivity contribution in [3.05, 3.63) is 46.4 Å². The van der Waals surface area contributed by atoms with Gasteiger partial charge in [0, 0.05) is 24.7 Å². The topological polar surface area (TPSA) is 58.1 Å². The Kier molecular flexibility index (Phi) is 4.00. The molecule has 0 unspecified atom stereocenters.